The second-order valence-corrected chi connectivity index (χ2v) is 4.38. The average Bonchev–Trinajstić information content (AvgIpc) is 2.69. The monoisotopic (exact) mass is 192 g/mol. The normalized spacial score (nSPS) is 18.9. The number of rotatable bonds is 6. The summed E-state index contributed by atoms with van der Waals surface area (Å²) >= 11 is 0. The molecule has 14 heavy (non-hydrogen) atoms. The van der Waals surface area contributed by atoms with Crippen molar-refractivity contribution >= 4 is 0 Å². The first-order valence-electron chi connectivity index (χ1n) is 6.25. The predicted octanol–water partition coefficient (Wildman–Crippen LogP) is 4.87. The van der Waals surface area contributed by atoms with Crippen molar-refractivity contribution < 1.29 is 0 Å². The summed E-state index contributed by atoms with van der Waals surface area (Å²) in [5.74, 6) is 0.996. The van der Waals surface area contributed by atoms with Gasteiger partial charge in [0.2, 0.25) is 0 Å². The lowest BCUT2D eigenvalue weighted by Crippen LogP contribution is -1.88. The van der Waals surface area contributed by atoms with Crippen LogP contribution in [0.4, 0.5) is 0 Å². The quantitative estimate of drug-likeness (QED) is 0.416. The van der Waals surface area contributed by atoms with Gasteiger partial charge >= 0.3 is 0 Å². The van der Waals surface area contributed by atoms with E-state index in [0.717, 1.165) is 5.92 Å². The van der Waals surface area contributed by atoms with E-state index in [1.54, 1.807) is 0 Å². The van der Waals surface area contributed by atoms with Crippen LogP contribution in [0.5, 0.6) is 0 Å². The van der Waals surface area contributed by atoms with E-state index < -0.39 is 0 Å². The van der Waals surface area contributed by atoms with Crippen LogP contribution in [-0.2, 0) is 0 Å². The van der Waals surface area contributed by atoms with E-state index in [2.05, 4.69) is 31.2 Å². The molecule has 1 aliphatic rings. The van der Waals surface area contributed by atoms with Gasteiger partial charge in [-0.15, -0.1) is 0 Å². The highest BCUT2D eigenvalue weighted by molar-refractivity contribution is 5.02. The molecule has 0 spiro atoms. The van der Waals surface area contributed by atoms with Crippen LogP contribution in [0, 0.1) is 5.92 Å². The van der Waals surface area contributed by atoms with E-state index in [0.29, 0.717) is 0 Å². The Hall–Kier alpha value is -0.520. The molecule has 0 atom stereocenters. The van der Waals surface area contributed by atoms with Crippen LogP contribution >= 0.6 is 0 Å². The third-order valence-electron chi connectivity index (χ3n) is 3.05. The van der Waals surface area contributed by atoms with Gasteiger partial charge in [0, 0.05) is 0 Å². The van der Waals surface area contributed by atoms with Crippen LogP contribution in [0.2, 0.25) is 0 Å². The lowest BCUT2D eigenvalue weighted by Gasteiger charge is -2.01. The molecule has 0 nitrogen and oxygen atoms in total. The molecule has 1 rings (SSSR count). The molecular weight excluding hydrogens is 168 g/mol. The smallest absolute Gasteiger partial charge is 0.0319 e. The topological polar surface area (TPSA) is 0 Å². The second-order valence-electron chi connectivity index (χ2n) is 4.38. The molecule has 80 valence electrons. The molecule has 1 saturated carbocycles. The summed E-state index contributed by atoms with van der Waals surface area (Å²) < 4.78 is 0. The highest BCUT2D eigenvalue weighted by Gasteiger charge is 2.12. The van der Waals surface area contributed by atoms with Crippen LogP contribution in [-0.4, -0.2) is 0 Å². The van der Waals surface area contributed by atoms with E-state index in [-0.39, 0.29) is 0 Å². The molecule has 0 aromatic rings. The minimum absolute atomic E-state index is 0.996. The molecule has 0 aromatic carbocycles. The van der Waals surface area contributed by atoms with Gasteiger partial charge in [0.15, 0.2) is 0 Å². The van der Waals surface area contributed by atoms with Gasteiger partial charge in [0.25, 0.3) is 0 Å². The predicted molar refractivity (Wildman–Crippen MR) is 64.4 cm³/mol. The number of allylic oxidation sites excluding steroid dienone is 4. The van der Waals surface area contributed by atoms with Crippen molar-refractivity contribution in [2.45, 2.75) is 58.3 Å². The molecule has 0 aromatic heterocycles. The third kappa shape index (κ3) is 5.26. The Kier molecular flexibility index (Phi) is 6.47. The lowest BCUT2D eigenvalue weighted by atomic mass is 10.0. The SMILES string of the molecule is CCCC/C=C/C=C/CC1CCCC1. The first kappa shape index (κ1) is 11.6. The fourth-order valence-corrected chi connectivity index (χ4v) is 2.09. The van der Waals surface area contributed by atoms with Crippen molar-refractivity contribution in [2.24, 2.45) is 5.92 Å². The Labute approximate surface area is 89.1 Å². The van der Waals surface area contributed by atoms with Gasteiger partial charge in [-0.1, -0.05) is 69.8 Å². The van der Waals surface area contributed by atoms with E-state index in [4.69, 9.17) is 0 Å². The summed E-state index contributed by atoms with van der Waals surface area (Å²) in [6, 6.07) is 0. The summed E-state index contributed by atoms with van der Waals surface area (Å²) in [4.78, 5) is 0. The largest absolute Gasteiger partial charge is 0.0845 e. The molecule has 0 unspecified atom stereocenters. The van der Waals surface area contributed by atoms with Gasteiger partial charge in [-0.05, 0) is 18.8 Å². The van der Waals surface area contributed by atoms with Crippen molar-refractivity contribution in [1.29, 1.82) is 0 Å². The first-order chi connectivity index (χ1) is 6.93. The third-order valence-corrected chi connectivity index (χ3v) is 3.05. The van der Waals surface area contributed by atoms with Gasteiger partial charge in [0.1, 0.15) is 0 Å². The Balaban J connectivity index is 1.99. The Morgan fingerprint density at radius 2 is 1.79 bits per heavy atom. The highest BCUT2D eigenvalue weighted by atomic mass is 14.2. The maximum atomic E-state index is 2.35. The zero-order valence-corrected chi connectivity index (χ0v) is 9.54. The van der Waals surface area contributed by atoms with E-state index >= 15 is 0 Å². The summed E-state index contributed by atoms with van der Waals surface area (Å²) in [7, 11) is 0. The number of hydrogen-bond acceptors (Lipinski definition) is 0. The summed E-state index contributed by atoms with van der Waals surface area (Å²) in [5, 5.41) is 0. The lowest BCUT2D eigenvalue weighted by molar-refractivity contribution is 0.558. The van der Waals surface area contributed by atoms with E-state index in [1.165, 1.54) is 51.4 Å². The highest BCUT2D eigenvalue weighted by Crippen LogP contribution is 2.27. The van der Waals surface area contributed by atoms with E-state index in [1.807, 2.05) is 0 Å². The molecule has 0 aliphatic heterocycles. The van der Waals surface area contributed by atoms with Crippen molar-refractivity contribution in [1.82, 2.24) is 0 Å². The van der Waals surface area contributed by atoms with Crippen molar-refractivity contribution in [3.8, 4) is 0 Å². The molecule has 0 saturated heterocycles. The fraction of sp³-hybridized carbons (Fsp3) is 0.714. The zero-order valence-electron chi connectivity index (χ0n) is 9.54. The maximum Gasteiger partial charge on any atom is -0.0319 e. The summed E-state index contributed by atoms with van der Waals surface area (Å²) in [5.41, 5.74) is 0. The first-order valence-corrected chi connectivity index (χ1v) is 6.25. The number of unbranched alkanes of at least 4 members (excludes halogenated alkanes) is 2. The van der Waals surface area contributed by atoms with Gasteiger partial charge in [-0.3, -0.25) is 0 Å². The summed E-state index contributed by atoms with van der Waals surface area (Å²) in [6.45, 7) is 2.24. The van der Waals surface area contributed by atoms with Crippen LogP contribution in [0.25, 0.3) is 0 Å². The number of hydrogen-bond donors (Lipinski definition) is 0. The standard InChI is InChI=1S/C14H24/c1-2-3-4-5-6-7-8-11-14-12-9-10-13-14/h5-8,14H,2-4,9-13H2,1H3/b6-5+,8-7+. The molecule has 1 fully saturated rings. The molecule has 0 heteroatoms. The molecule has 0 amide bonds. The van der Waals surface area contributed by atoms with E-state index in [9.17, 15) is 0 Å². The maximum absolute atomic E-state index is 2.35. The minimum Gasteiger partial charge on any atom is -0.0845 e. The van der Waals surface area contributed by atoms with Crippen LogP contribution in [0.3, 0.4) is 0 Å². The fourth-order valence-electron chi connectivity index (χ4n) is 2.09. The van der Waals surface area contributed by atoms with Crippen molar-refractivity contribution in [2.75, 3.05) is 0 Å². The van der Waals surface area contributed by atoms with Crippen LogP contribution in [0.1, 0.15) is 58.3 Å². The molecule has 0 N–H and O–H groups in total. The van der Waals surface area contributed by atoms with Gasteiger partial charge < -0.3 is 0 Å². The van der Waals surface area contributed by atoms with Crippen LogP contribution in [0.15, 0.2) is 24.3 Å². The Bertz CT molecular complexity index is 170. The molecule has 0 bridgehead atoms. The molecule has 0 radical (unpaired) electrons. The zero-order chi connectivity index (χ0) is 10.1. The van der Waals surface area contributed by atoms with Gasteiger partial charge in [-0.25, -0.2) is 0 Å². The molecule has 0 heterocycles. The van der Waals surface area contributed by atoms with Gasteiger partial charge in [-0.2, -0.15) is 0 Å². The summed E-state index contributed by atoms with van der Waals surface area (Å²) in [6.07, 6.45) is 20.1. The minimum atomic E-state index is 0.996. The second kappa shape index (κ2) is 7.84. The average molecular weight is 192 g/mol. The Morgan fingerprint density at radius 1 is 1.07 bits per heavy atom. The van der Waals surface area contributed by atoms with Crippen molar-refractivity contribution in [3.63, 3.8) is 0 Å². The Morgan fingerprint density at radius 3 is 2.50 bits per heavy atom. The van der Waals surface area contributed by atoms with Crippen molar-refractivity contribution in [3.05, 3.63) is 24.3 Å². The molecular formula is C14H24. The molecule has 1 aliphatic carbocycles. The van der Waals surface area contributed by atoms with Gasteiger partial charge in [0.05, 0.1) is 0 Å². The van der Waals surface area contributed by atoms with Crippen LogP contribution < -0.4 is 0 Å².